The first-order valence-electron chi connectivity index (χ1n) is 6.83. The van der Waals surface area contributed by atoms with E-state index in [1.54, 1.807) is 18.0 Å². The second-order valence-electron chi connectivity index (χ2n) is 4.70. The highest BCUT2D eigenvalue weighted by Gasteiger charge is 2.12. The number of hydrogen-bond acceptors (Lipinski definition) is 5. The highest BCUT2D eigenvalue weighted by atomic mass is 32.2. The van der Waals surface area contributed by atoms with Gasteiger partial charge < -0.3 is 9.40 Å². The van der Waals surface area contributed by atoms with Crippen molar-refractivity contribution in [1.82, 2.24) is 20.2 Å². The zero-order chi connectivity index (χ0) is 14.8. The number of thioether (sulfide) groups is 1. The molecular weight excluding hydrogens is 296 g/mol. The lowest BCUT2D eigenvalue weighted by atomic mass is 10.2. The van der Waals surface area contributed by atoms with Gasteiger partial charge in [0.15, 0.2) is 0 Å². The van der Waals surface area contributed by atoms with Crippen LogP contribution >= 0.6 is 11.8 Å². The molecule has 0 spiro atoms. The summed E-state index contributed by atoms with van der Waals surface area (Å²) < 4.78 is 5.78. The number of fused-ring (bicyclic) bond motifs is 1. The van der Waals surface area contributed by atoms with E-state index in [9.17, 15) is 0 Å². The van der Waals surface area contributed by atoms with E-state index in [1.165, 1.54) is 4.90 Å². The number of rotatable bonds is 4. The summed E-state index contributed by atoms with van der Waals surface area (Å²) in [7, 11) is 0. The first-order valence-corrected chi connectivity index (χ1v) is 7.81. The van der Waals surface area contributed by atoms with Gasteiger partial charge in [-0.1, -0.05) is 18.2 Å². The van der Waals surface area contributed by atoms with Gasteiger partial charge >= 0.3 is 0 Å². The van der Waals surface area contributed by atoms with Crippen LogP contribution in [0.25, 0.3) is 22.5 Å². The van der Waals surface area contributed by atoms with Crippen LogP contribution in [0.1, 0.15) is 5.89 Å². The lowest BCUT2D eigenvalue weighted by Gasteiger charge is -1.98. The predicted octanol–water partition coefficient (Wildman–Crippen LogP) is 3.91. The molecule has 3 heterocycles. The molecule has 0 radical (unpaired) electrons. The molecule has 3 aromatic heterocycles. The van der Waals surface area contributed by atoms with E-state index in [4.69, 9.17) is 4.42 Å². The number of aromatic nitrogens is 4. The lowest BCUT2D eigenvalue weighted by molar-refractivity contribution is 0.529. The van der Waals surface area contributed by atoms with Gasteiger partial charge in [0.25, 0.3) is 0 Å². The fourth-order valence-electron chi connectivity index (χ4n) is 2.23. The molecule has 0 saturated carbocycles. The van der Waals surface area contributed by atoms with Crippen molar-refractivity contribution in [3.8, 4) is 11.5 Å². The second kappa shape index (κ2) is 5.65. The maximum absolute atomic E-state index is 5.78. The van der Waals surface area contributed by atoms with Crippen LogP contribution < -0.4 is 0 Å². The highest BCUT2D eigenvalue weighted by Crippen LogP contribution is 2.27. The Morgan fingerprint density at radius 3 is 2.86 bits per heavy atom. The number of H-pyrrole nitrogens is 1. The summed E-state index contributed by atoms with van der Waals surface area (Å²) in [5.74, 6) is 1.79. The predicted molar refractivity (Wildman–Crippen MR) is 85.4 cm³/mol. The van der Waals surface area contributed by atoms with Crippen molar-refractivity contribution >= 4 is 22.8 Å². The van der Waals surface area contributed by atoms with Crippen LogP contribution in [0.15, 0.2) is 64.2 Å². The van der Waals surface area contributed by atoms with Gasteiger partial charge in [-0.15, -0.1) is 22.0 Å². The van der Waals surface area contributed by atoms with E-state index in [1.807, 2.05) is 36.5 Å². The zero-order valence-electron chi connectivity index (χ0n) is 11.6. The molecule has 4 aromatic rings. The number of benzene rings is 1. The molecule has 0 unspecified atom stereocenters. The average Bonchev–Trinajstić information content (AvgIpc) is 3.22. The third kappa shape index (κ3) is 2.48. The summed E-state index contributed by atoms with van der Waals surface area (Å²) >= 11 is 1.67. The smallest absolute Gasteiger partial charge is 0.248 e. The Morgan fingerprint density at radius 2 is 1.95 bits per heavy atom. The molecule has 0 aliphatic carbocycles. The van der Waals surface area contributed by atoms with Crippen LogP contribution in [0, 0.1) is 0 Å². The molecule has 0 atom stereocenters. The minimum absolute atomic E-state index is 0.524. The van der Waals surface area contributed by atoms with Gasteiger partial charge in [-0.2, -0.15) is 0 Å². The normalized spacial score (nSPS) is 11.1. The molecule has 5 nitrogen and oxygen atoms in total. The molecule has 0 saturated heterocycles. The van der Waals surface area contributed by atoms with Crippen LogP contribution in [0.2, 0.25) is 0 Å². The number of nitrogens with one attached hydrogen (secondary N) is 1. The molecule has 0 aliphatic heterocycles. The molecule has 4 rings (SSSR count). The quantitative estimate of drug-likeness (QED) is 0.579. The van der Waals surface area contributed by atoms with Gasteiger partial charge in [0.2, 0.25) is 11.8 Å². The Morgan fingerprint density at radius 1 is 1.05 bits per heavy atom. The minimum atomic E-state index is 0.524. The third-order valence-corrected chi connectivity index (χ3v) is 4.26. The number of pyridine rings is 1. The standard InChI is InChI=1S/C16H12N4OS/c1-2-4-11(5-3-1)22-10-14-19-20-16(21-14)13-7-9-18-15-12(13)6-8-17-15/h1-9H,10H2,(H,17,18). The largest absolute Gasteiger partial charge is 0.420 e. The Bertz CT molecular complexity index is 901. The molecular formula is C16H12N4OS. The van der Waals surface area contributed by atoms with E-state index in [2.05, 4.69) is 32.3 Å². The summed E-state index contributed by atoms with van der Waals surface area (Å²) in [5, 5.41) is 9.27. The Labute approximate surface area is 130 Å². The SMILES string of the molecule is c1ccc(SCc2nnc(-c3ccnc4[nH]ccc34)o2)cc1. The number of aromatic amines is 1. The van der Waals surface area contributed by atoms with Crippen molar-refractivity contribution in [2.24, 2.45) is 0 Å². The van der Waals surface area contributed by atoms with E-state index in [-0.39, 0.29) is 0 Å². The minimum Gasteiger partial charge on any atom is -0.420 e. The Balaban J connectivity index is 1.58. The van der Waals surface area contributed by atoms with Crippen LogP contribution in [0.5, 0.6) is 0 Å². The molecule has 1 aromatic carbocycles. The highest BCUT2D eigenvalue weighted by molar-refractivity contribution is 7.98. The second-order valence-corrected chi connectivity index (χ2v) is 5.75. The third-order valence-electron chi connectivity index (χ3n) is 3.26. The van der Waals surface area contributed by atoms with Gasteiger partial charge in [0.1, 0.15) is 5.65 Å². The molecule has 1 N–H and O–H groups in total. The fraction of sp³-hybridized carbons (Fsp3) is 0.0625. The maximum atomic E-state index is 5.78. The molecule has 0 bridgehead atoms. The van der Waals surface area contributed by atoms with Crippen LogP contribution in [0.3, 0.4) is 0 Å². The van der Waals surface area contributed by atoms with Crippen LogP contribution in [-0.2, 0) is 5.75 Å². The van der Waals surface area contributed by atoms with E-state index >= 15 is 0 Å². The van der Waals surface area contributed by atoms with Gasteiger partial charge in [-0.05, 0) is 24.3 Å². The maximum Gasteiger partial charge on any atom is 0.248 e. The molecule has 0 fully saturated rings. The summed E-state index contributed by atoms with van der Waals surface area (Å²) in [6.07, 6.45) is 3.58. The first kappa shape index (κ1) is 13.1. The monoisotopic (exact) mass is 308 g/mol. The molecule has 0 amide bonds. The molecule has 108 valence electrons. The summed E-state index contributed by atoms with van der Waals surface area (Å²) in [6.45, 7) is 0. The van der Waals surface area contributed by atoms with Gasteiger partial charge in [-0.25, -0.2) is 4.98 Å². The summed E-state index contributed by atoms with van der Waals surface area (Å²) in [4.78, 5) is 8.52. The molecule has 6 heteroatoms. The topological polar surface area (TPSA) is 67.6 Å². The van der Waals surface area contributed by atoms with E-state index < -0.39 is 0 Å². The van der Waals surface area contributed by atoms with Gasteiger partial charge in [0, 0.05) is 22.7 Å². The van der Waals surface area contributed by atoms with E-state index in [0.717, 1.165) is 16.6 Å². The van der Waals surface area contributed by atoms with E-state index in [0.29, 0.717) is 17.5 Å². The van der Waals surface area contributed by atoms with Crippen molar-refractivity contribution in [2.75, 3.05) is 0 Å². The summed E-state index contributed by atoms with van der Waals surface area (Å²) in [5.41, 5.74) is 1.71. The van der Waals surface area contributed by atoms with Crippen molar-refractivity contribution in [3.63, 3.8) is 0 Å². The van der Waals surface area contributed by atoms with Crippen molar-refractivity contribution in [3.05, 3.63) is 60.7 Å². The van der Waals surface area contributed by atoms with Crippen molar-refractivity contribution in [1.29, 1.82) is 0 Å². The van der Waals surface area contributed by atoms with Crippen LogP contribution in [0.4, 0.5) is 0 Å². The van der Waals surface area contributed by atoms with Crippen LogP contribution in [-0.4, -0.2) is 20.2 Å². The zero-order valence-corrected chi connectivity index (χ0v) is 12.4. The van der Waals surface area contributed by atoms with Crippen molar-refractivity contribution < 1.29 is 4.42 Å². The Hall–Kier alpha value is -2.60. The van der Waals surface area contributed by atoms with Gasteiger partial charge in [-0.3, -0.25) is 0 Å². The Kier molecular flexibility index (Phi) is 3.36. The summed E-state index contributed by atoms with van der Waals surface area (Å²) in [6, 6.07) is 14.0. The van der Waals surface area contributed by atoms with Crippen molar-refractivity contribution in [2.45, 2.75) is 10.6 Å². The number of nitrogens with zero attached hydrogens (tertiary/aromatic N) is 3. The fourth-order valence-corrected chi connectivity index (χ4v) is 2.99. The molecule has 0 aliphatic rings. The number of hydrogen-bond donors (Lipinski definition) is 1. The average molecular weight is 308 g/mol. The lowest BCUT2D eigenvalue weighted by Crippen LogP contribution is -1.82. The molecule has 22 heavy (non-hydrogen) atoms. The van der Waals surface area contributed by atoms with Gasteiger partial charge in [0.05, 0.1) is 11.3 Å². The first-order chi connectivity index (χ1) is 10.9.